The van der Waals surface area contributed by atoms with Crippen molar-refractivity contribution in [3.63, 3.8) is 0 Å². The largest absolute Gasteiger partial charge is 0.333 e. The zero-order chi connectivity index (χ0) is 15.1. The Hall–Kier alpha value is -1.88. The fourth-order valence-corrected chi connectivity index (χ4v) is 2.45. The topological polar surface area (TPSA) is 52.7 Å². The molecule has 1 heterocycles. The number of hydrogen-bond donors (Lipinski definition) is 1. The summed E-state index contributed by atoms with van der Waals surface area (Å²) in [5, 5.41) is 3.24. The summed E-state index contributed by atoms with van der Waals surface area (Å²) in [6, 6.07) is 9.76. The van der Waals surface area contributed by atoms with Crippen LogP contribution >= 0.6 is 0 Å². The van der Waals surface area contributed by atoms with Crippen molar-refractivity contribution in [1.29, 1.82) is 0 Å². The second kappa shape index (κ2) is 7.78. The van der Waals surface area contributed by atoms with Gasteiger partial charge in [0.15, 0.2) is 0 Å². The minimum atomic E-state index is -0.400. The van der Waals surface area contributed by atoms with Crippen molar-refractivity contribution in [3.8, 4) is 0 Å². The van der Waals surface area contributed by atoms with E-state index in [4.69, 9.17) is 0 Å². The average molecular weight is 289 g/mol. The standard InChI is InChI=1S/C16H23N3O2/c1-2-18(13-14-7-4-3-5-8-14)15(20)16(21)19-11-6-9-17-10-12-19/h3-5,7-8,17H,2,6,9-13H2,1H3. The van der Waals surface area contributed by atoms with Gasteiger partial charge in [-0.3, -0.25) is 9.59 Å². The summed E-state index contributed by atoms with van der Waals surface area (Å²) in [5.74, 6) is -0.778. The molecule has 1 N–H and O–H groups in total. The number of rotatable bonds is 3. The maximum atomic E-state index is 12.4. The Morgan fingerprint density at radius 1 is 1.19 bits per heavy atom. The predicted molar refractivity (Wildman–Crippen MR) is 81.6 cm³/mol. The van der Waals surface area contributed by atoms with Crippen LogP contribution in [0.4, 0.5) is 0 Å². The van der Waals surface area contributed by atoms with Crippen molar-refractivity contribution in [2.75, 3.05) is 32.7 Å². The van der Waals surface area contributed by atoms with E-state index in [1.54, 1.807) is 9.80 Å². The minimum absolute atomic E-state index is 0.378. The van der Waals surface area contributed by atoms with Crippen molar-refractivity contribution in [2.24, 2.45) is 0 Å². The van der Waals surface area contributed by atoms with Gasteiger partial charge in [-0.2, -0.15) is 0 Å². The van der Waals surface area contributed by atoms with Crippen LogP contribution in [0.1, 0.15) is 18.9 Å². The zero-order valence-electron chi connectivity index (χ0n) is 12.5. The van der Waals surface area contributed by atoms with E-state index in [2.05, 4.69) is 5.32 Å². The Morgan fingerprint density at radius 2 is 1.95 bits per heavy atom. The molecule has 5 nitrogen and oxygen atoms in total. The van der Waals surface area contributed by atoms with Gasteiger partial charge in [-0.15, -0.1) is 0 Å². The van der Waals surface area contributed by atoms with Crippen LogP contribution in [0.15, 0.2) is 30.3 Å². The molecule has 0 spiro atoms. The number of nitrogens with one attached hydrogen (secondary N) is 1. The quantitative estimate of drug-likeness (QED) is 0.840. The third-order valence-electron chi connectivity index (χ3n) is 3.70. The first-order chi connectivity index (χ1) is 10.2. The summed E-state index contributed by atoms with van der Waals surface area (Å²) in [5.41, 5.74) is 1.04. The second-order valence-corrected chi connectivity index (χ2v) is 5.20. The number of carbonyl (C=O) groups is 2. The molecule has 0 aromatic heterocycles. The van der Waals surface area contributed by atoms with Gasteiger partial charge in [-0.1, -0.05) is 30.3 Å². The molecule has 1 aromatic rings. The smallest absolute Gasteiger partial charge is 0.312 e. The number of amides is 2. The van der Waals surface area contributed by atoms with Gasteiger partial charge in [0.05, 0.1) is 0 Å². The molecule has 0 radical (unpaired) electrons. The van der Waals surface area contributed by atoms with E-state index < -0.39 is 5.91 Å². The summed E-state index contributed by atoms with van der Waals surface area (Å²) < 4.78 is 0. The minimum Gasteiger partial charge on any atom is -0.333 e. The fourth-order valence-electron chi connectivity index (χ4n) is 2.45. The first-order valence-corrected chi connectivity index (χ1v) is 7.55. The van der Waals surface area contributed by atoms with Crippen LogP contribution in [0.3, 0.4) is 0 Å². The SMILES string of the molecule is CCN(Cc1ccccc1)C(=O)C(=O)N1CCCNCC1. The fraction of sp³-hybridized carbons (Fsp3) is 0.500. The van der Waals surface area contributed by atoms with Gasteiger partial charge in [0.25, 0.3) is 0 Å². The van der Waals surface area contributed by atoms with E-state index >= 15 is 0 Å². The molecule has 0 aliphatic carbocycles. The van der Waals surface area contributed by atoms with E-state index in [0.717, 1.165) is 25.1 Å². The summed E-state index contributed by atoms with van der Waals surface area (Å²) in [6.45, 7) is 5.83. The van der Waals surface area contributed by atoms with E-state index in [9.17, 15) is 9.59 Å². The lowest BCUT2D eigenvalue weighted by atomic mass is 10.2. The van der Waals surface area contributed by atoms with Crippen molar-refractivity contribution in [1.82, 2.24) is 15.1 Å². The van der Waals surface area contributed by atoms with Gasteiger partial charge < -0.3 is 15.1 Å². The van der Waals surface area contributed by atoms with E-state index in [1.807, 2.05) is 37.3 Å². The Labute approximate surface area is 125 Å². The molecule has 2 rings (SSSR count). The lowest BCUT2D eigenvalue weighted by molar-refractivity contribution is -0.152. The zero-order valence-corrected chi connectivity index (χ0v) is 12.5. The molecule has 5 heteroatoms. The maximum Gasteiger partial charge on any atom is 0.312 e. The van der Waals surface area contributed by atoms with Crippen molar-refractivity contribution in [3.05, 3.63) is 35.9 Å². The van der Waals surface area contributed by atoms with Crippen LogP contribution in [0, 0.1) is 0 Å². The number of carbonyl (C=O) groups excluding carboxylic acids is 2. The second-order valence-electron chi connectivity index (χ2n) is 5.20. The highest BCUT2D eigenvalue weighted by Gasteiger charge is 2.26. The Morgan fingerprint density at radius 3 is 2.67 bits per heavy atom. The van der Waals surface area contributed by atoms with Gasteiger partial charge in [-0.05, 0) is 25.5 Å². The lowest BCUT2D eigenvalue weighted by Crippen LogP contribution is -2.46. The van der Waals surface area contributed by atoms with E-state index in [1.165, 1.54) is 0 Å². The van der Waals surface area contributed by atoms with Gasteiger partial charge >= 0.3 is 11.8 Å². The number of benzene rings is 1. The molecule has 0 bridgehead atoms. The molecule has 21 heavy (non-hydrogen) atoms. The van der Waals surface area contributed by atoms with Crippen LogP contribution in [0.25, 0.3) is 0 Å². The molecule has 1 aromatic carbocycles. The molecule has 1 saturated heterocycles. The number of hydrogen-bond acceptors (Lipinski definition) is 3. The highest BCUT2D eigenvalue weighted by atomic mass is 16.2. The predicted octanol–water partition coefficient (Wildman–Crippen LogP) is 0.857. The van der Waals surface area contributed by atoms with Crippen LogP contribution < -0.4 is 5.32 Å². The Balaban J connectivity index is 1.99. The van der Waals surface area contributed by atoms with Crippen LogP contribution in [-0.2, 0) is 16.1 Å². The monoisotopic (exact) mass is 289 g/mol. The van der Waals surface area contributed by atoms with Crippen LogP contribution in [0.5, 0.6) is 0 Å². The molecular formula is C16H23N3O2. The molecule has 0 unspecified atom stereocenters. The van der Waals surface area contributed by atoms with E-state index in [-0.39, 0.29) is 5.91 Å². The maximum absolute atomic E-state index is 12.4. The molecule has 2 amide bonds. The van der Waals surface area contributed by atoms with Gasteiger partial charge in [0.1, 0.15) is 0 Å². The van der Waals surface area contributed by atoms with Crippen molar-refractivity contribution >= 4 is 11.8 Å². The summed E-state index contributed by atoms with van der Waals surface area (Å²) in [4.78, 5) is 28.0. The third kappa shape index (κ3) is 4.29. The van der Waals surface area contributed by atoms with Crippen LogP contribution in [-0.4, -0.2) is 54.3 Å². The number of likely N-dealkylation sites (N-methyl/N-ethyl adjacent to an activating group) is 1. The van der Waals surface area contributed by atoms with Crippen molar-refractivity contribution in [2.45, 2.75) is 19.9 Å². The normalized spacial score (nSPS) is 15.4. The highest BCUT2D eigenvalue weighted by molar-refractivity contribution is 6.34. The molecule has 1 aliphatic heterocycles. The van der Waals surface area contributed by atoms with Gasteiger partial charge in [-0.25, -0.2) is 0 Å². The molecule has 1 fully saturated rings. The van der Waals surface area contributed by atoms with Gasteiger partial charge in [0, 0.05) is 32.7 Å². The Kier molecular flexibility index (Phi) is 5.75. The highest BCUT2D eigenvalue weighted by Crippen LogP contribution is 2.07. The lowest BCUT2D eigenvalue weighted by Gasteiger charge is -2.25. The molecule has 1 aliphatic rings. The molecule has 0 saturated carbocycles. The first-order valence-electron chi connectivity index (χ1n) is 7.55. The Bertz CT molecular complexity index is 468. The third-order valence-corrected chi connectivity index (χ3v) is 3.70. The van der Waals surface area contributed by atoms with Crippen LogP contribution in [0.2, 0.25) is 0 Å². The summed E-state index contributed by atoms with van der Waals surface area (Å²) in [6.07, 6.45) is 0.893. The van der Waals surface area contributed by atoms with Crippen molar-refractivity contribution < 1.29 is 9.59 Å². The van der Waals surface area contributed by atoms with E-state index in [0.29, 0.717) is 26.2 Å². The summed E-state index contributed by atoms with van der Waals surface area (Å²) >= 11 is 0. The first kappa shape index (κ1) is 15.5. The summed E-state index contributed by atoms with van der Waals surface area (Å²) in [7, 11) is 0. The average Bonchev–Trinajstić information content (AvgIpc) is 2.81. The molecular weight excluding hydrogens is 266 g/mol. The molecule has 114 valence electrons. The molecule has 0 atom stereocenters. The van der Waals surface area contributed by atoms with Gasteiger partial charge in [0.2, 0.25) is 0 Å². The number of nitrogens with zero attached hydrogens (tertiary/aromatic N) is 2.